The van der Waals surface area contributed by atoms with Gasteiger partial charge in [0, 0.05) is 4.88 Å². The summed E-state index contributed by atoms with van der Waals surface area (Å²) in [5.74, 6) is 3.19. The molecule has 2 heterocycles. The number of aromatic amines is 1. The van der Waals surface area contributed by atoms with Crippen molar-refractivity contribution < 1.29 is 0 Å². The van der Waals surface area contributed by atoms with E-state index in [9.17, 15) is 4.79 Å². The van der Waals surface area contributed by atoms with Gasteiger partial charge in [-0.15, -0.1) is 17.8 Å². The molecule has 4 nitrogen and oxygen atoms in total. The van der Waals surface area contributed by atoms with E-state index < -0.39 is 0 Å². The first-order chi connectivity index (χ1) is 8.52. The molecule has 0 aromatic carbocycles. The predicted octanol–water partition coefficient (Wildman–Crippen LogP) is 1.71. The number of aryl methyl sites for hydroxylation is 2. The molecule has 0 aliphatic heterocycles. The zero-order valence-electron chi connectivity index (χ0n) is 10.6. The average Bonchev–Trinajstić information content (AvgIpc) is 2.62. The molecule has 0 spiro atoms. The summed E-state index contributed by atoms with van der Waals surface area (Å²) in [5, 5.41) is 3.80. The van der Waals surface area contributed by atoms with Crippen LogP contribution in [0.5, 0.6) is 0 Å². The molecule has 0 fully saturated rings. The summed E-state index contributed by atoms with van der Waals surface area (Å²) in [6.45, 7) is 6.30. The number of fused-ring (bicyclic) bond motifs is 1. The molecule has 0 aliphatic carbocycles. The first-order valence-electron chi connectivity index (χ1n) is 5.71. The van der Waals surface area contributed by atoms with Crippen LogP contribution in [0.1, 0.15) is 23.2 Å². The molecule has 0 radical (unpaired) electrons. The lowest BCUT2D eigenvalue weighted by molar-refractivity contribution is 0.625. The minimum atomic E-state index is -0.0768. The summed E-state index contributed by atoms with van der Waals surface area (Å²) in [4.78, 5) is 21.2. The van der Waals surface area contributed by atoms with Crippen molar-refractivity contribution in [3.05, 3.63) is 26.6 Å². The molecule has 1 unspecified atom stereocenters. The molecule has 2 rings (SSSR count). The first-order valence-corrected chi connectivity index (χ1v) is 6.53. The molecule has 94 valence electrons. The zero-order valence-corrected chi connectivity index (χ0v) is 11.4. The average molecular weight is 261 g/mol. The van der Waals surface area contributed by atoms with Gasteiger partial charge >= 0.3 is 0 Å². The molecule has 2 N–H and O–H groups in total. The van der Waals surface area contributed by atoms with E-state index in [1.807, 2.05) is 20.8 Å². The fourth-order valence-corrected chi connectivity index (χ4v) is 2.74. The van der Waals surface area contributed by atoms with Crippen LogP contribution in [0.4, 0.5) is 0 Å². The van der Waals surface area contributed by atoms with E-state index in [0.29, 0.717) is 17.8 Å². The molecule has 0 aliphatic rings. The Bertz CT molecular complexity index is 678. The SMILES string of the molecule is C#CC(C)NCc1nc2sc(C)c(C)c2c(=O)[nH]1. The molecule has 18 heavy (non-hydrogen) atoms. The maximum absolute atomic E-state index is 12.0. The van der Waals surface area contributed by atoms with Gasteiger partial charge in [-0.3, -0.25) is 10.1 Å². The van der Waals surface area contributed by atoms with Crippen molar-refractivity contribution in [1.29, 1.82) is 0 Å². The van der Waals surface area contributed by atoms with Crippen LogP contribution in [0.3, 0.4) is 0 Å². The van der Waals surface area contributed by atoms with E-state index in [0.717, 1.165) is 15.3 Å². The third-order valence-electron chi connectivity index (χ3n) is 2.91. The van der Waals surface area contributed by atoms with Crippen molar-refractivity contribution in [3.63, 3.8) is 0 Å². The topological polar surface area (TPSA) is 57.8 Å². The van der Waals surface area contributed by atoms with Gasteiger partial charge in [0.25, 0.3) is 5.56 Å². The van der Waals surface area contributed by atoms with Gasteiger partial charge in [0.05, 0.1) is 18.0 Å². The van der Waals surface area contributed by atoms with Crippen LogP contribution in [-0.4, -0.2) is 16.0 Å². The Balaban J connectivity index is 2.38. The molecule has 5 heteroatoms. The van der Waals surface area contributed by atoms with Crippen LogP contribution in [-0.2, 0) is 6.54 Å². The number of nitrogens with zero attached hydrogens (tertiary/aromatic N) is 1. The maximum Gasteiger partial charge on any atom is 0.259 e. The second-order valence-corrected chi connectivity index (χ2v) is 5.45. The van der Waals surface area contributed by atoms with Crippen molar-refractivity contribution in [2.75, 3.05) is 0 Å². The van der Waals surface area contributed by atoms with Crippen molar-refractivity contribution in [3.8, 4) is 12.3 Å². The molecular weight excluding hydrogens is 246 g/mol. The third-order valence-corrected chi connectivity index (χ3v) is 4.01. The van der Waals surface area contributed by atoms with Gasteiger partial charge in [-0.25, -0.2) is 4.98 Å². The largest absolute Gasteiger partial charge is 0.309 e. The van der Waals surface area contributed by atoms with Gasteiger partial charge in [0.2, 0.25) is 0 Å². The number of H-pyrrole nitrogens is 1. The van der Waals surface area contributed by atoms with E-state index in [1.54, 1.807) is 11.3 Å². The quantitative estimate of drug-likeness (QED) is 0.827. The normalized spacial score (nSPS) is 12.6. The minimum absolute atomic E-state index is 0.0437. The highest BCUT2D eigenvalue weighted by Crippen LogP contribution is 2.25. The van der Waals surface area contributed by atoms with E-state index in [1.165, 1.54) is 0 Å². The molecule has 0 bridgehead atoms. The molecule has 0 amide bonds. The predicted molar refractivity (Wildman–Crippen MR) is 74.8 cm³/mol. The van der Waals surface area contributed by atoms with Crippen LogP contribution in [0.25, 0.3) is 10.2 Å². The Labute approximate surface area is 109 Å². The Kier molecular flexibility index (Phi) is 3.50. The zero-order chi connectivity index (χ0) is 13.3. The number of nitrogens with one attached hydrogen (secondary N) is 2. The first kappa shape index (κ1) is 12.8. The van der Waals surface area contributed by atoms with Gasteiger partial charge in [0.15, 0.2) is 0 Å². The summed E-state index contributed by atoms with van der Waals surface area (Å²) >= 11 is 1.55. The minimum Gasteiger partial charge on any atom is -0.309 e. The summed E-state index contributed by atoms with van der Waals surface area (Å²) in [6.07, 6.45) is 5.28. The number of rotatable bonds is 3. The molecule has 0 saturated heterocycles. The molecule has 2 aromatic heterocycles. The molecule has 0 saturated carbocycles. The van der Waals surface area contributed by atoms with Crippen molar-refractivity contribution in [2.24, 2.45) is 0 Å². The summed E-state index contributed by atoms with van der Waals surface area (Å²) in [6, 6.07) is -0.0437. The van der Waals surface area contributed by atoms with Crippen molar-refractivity contribution in [2.45, 2.75) is 33.4 Å². The van der Waals surface area contributed by atoms with Crippen LogP contribution in [0.15, 0.2) is 4.79 Å². The second kappa shape index (κ2) is 4.92. The van der Waals surface area contributed by atoms with Gasteiger partial charge in [-0.2, -0.15) is 0 Å². The summed E-state index contributed by atoms with van der Waals surface area (Å²) < 4.78 is 0. The lowest BCUT2D eigenvalue weighted by Gasteiger charge is -2.06. The Hall–Kier alpha value is -1.64. The van der Waals surface area contributed by atoms with Gasteiger partial charge in [-0.1, -0.05) is 5.92 Å². The summed E-state index contributed by atoms with van der Waals surface area (Å²) in [5.41, 5.74) is 0.937. The lowest BCUT2D eigenvalue weighted by Crippen LogP contribution is -2.26. The van der Waals surface area contributed by atoms with Crippen LogP contribution >= 0.6 is 11.3 Å². The molecule has 1 atom stereocenters. The number of hydrogen-bond donors (Lipinski definition) is 2. The van der Waals surface area contributed by atoms with Gasteiger partial charge in [0.1, 0.15) is 10.7 Å². The fraction of sp³-hybridized carbons (Fsp3) is 0.385. The van der Waals surface area contributed by atoms with Crippen LogP contribution in [0, 0.1) is 26.2 Å². The number of aromatic nitrogens is 2. The highest BCUT2D eigenvalue weighted by atomic mass is 32.1. The lowest BCUT2D eigenvalue weighted by atomic mass is 10.2. The molecule has 2 aromatic rings. The highest BCUT2D eigenvalue weighted by molar-refractivity contribution is 7.18. The standard InChI is InChI=1S/C13H15N3OS/c1-5-7(2)14-6-10-15-12(17)11-8(3)9(4)18-13(11)16-10/h1,7,14H,6H2,2-4H3,(H,15,16,17). The Morgan fingerprint density at radius 1 is 1.56 bits per heavy atom. The van der Waals surface area contributed by atoms with E-state index in [2.05, 4.69) is 21.2 Å². The van der Waals surface area contributed by atoms with E-state index in [4.69, 9.17) is 6.42 Å². The van der Waals surface area contributed by atoms with Crippen LogP contribution in [0.2, 0.25) is 0 Å². The molecular formula is C13H15N3OS. The Morgan fingerprint density at radius 2 is 2.28 bits per heavy atom. The van der Waals surface area contributed by atoms with Crippen molar-refractivity contribution in [1.82, 2.24) is 15.3 Å². The fourth-order valence-electron chi connectivity index (χ4n) is 1.69. The number of hydrogen-bond acceptors (Lipinski definition) is 4. The van der Waals surface area contributed by atoms with Crippen molar-refractivity contribution >= 4 is 21.6 Å². The third kappa shape index (κ3) is 2.30. The summed E-state index contributed by atoms with van der Waals surface area (Å²) in [7, 11) is 0. The van der Waals surface area contributed by atoms with E-state index >= 15 is 0 Å². The van der Waals surface area contributed by atoms with Gasteiger partial charge in [-0.05, 0) is 26.3 Å². The van der Waals surface area contributed by atoms with Crippen LogP contribution < -0.4 is 10.9 Å². The second-order valence-electron chi connectivity index (χ2n) is 4.25. The maximum atomic E-state index is 12.0. The van der Waals surface area contributed by atoms with Gasteiger partial charge < -0.3 is 4.98 Å². The smallest absolute Gasteiger partial charge is 0.259 e. The van der Waals surface area contributed by atoms with E-state index in [-0.39, 0.29) is 11.6 Å². The number of thiophene rings is 1. The Morgan fingerprint density at radius 3 is 2.94 bits per heavy atom. The highest BCUT2D eigenvalue weighted by Gasteiger charge is 2.11. The monoisotopic (exact) mass is 261 g/mol. The number of terminal acetylenes is 1.